The fraction of sp³-hybridized carbons (Fsp3) is 0.115. The Morgan fingerprint density at radius 2 is 0.719 bits per heavy atom. The maximum atomic E-state index is 9.47. The van der Waals surface area contributed by atoms with E-state index in [-0.39, 0.29) is 0 Å². The minimum absolute atomic E-state index is 0.435. The molecule has 0 unspecified atom stereocenters. The van der Waals surface area contributed by atoms with Crippen LogP contribution in [0.3, 0.4) is 0 Å². The molecular weight excluding hydrogens is 697 g/mol. The van der Waals surface area contributed by atoms with Gasteiger partial charge in [-0.1, -0.05) is 64.1 Å². The van der Waals surface area contributed by atoms with Gasteiger partial charge in [0.25, 0.3) is 0 Å². The van der Waals surface area contributed by atoms with E-state index in [1.165, 1.54) is 11.1 Å². The maximum absolute atomic E-state index is 9.47. The van der Waals surface area contributed by atoms with E-state index in [0.29, 0.717) is 23.0 Å². The highest BCUT2D eigenvalue weighted by molar-refractivity contribution is 6.14. The zero-order valence-corrected chi connectivity index (χ0v) is 32.4. The second kappa shape index (κ2) is 14.4. The van der Waals surface area contributed by atoms with Gasteiger partial charge in [0.1, 0.15) is 11.2 Å². The van der Waals surface area contributed by atoms with E-state index in [0.717, 1.165) is 77.6 Å². The summed E-state index contributed by atoms with van der Waals surface area (Å²) in [6.07, 6.45) is 0. The average Bonchev–Trinajstić information content (AvgIpc) is 3.58. The molecule has 0 saturated carbocycles. The van der Waals surface area contributed by atoms with Crippen molar-refractivity contribution in [3.63, 3.8) is 0 Å². The van der Waals surface area contributed by atoms with Crippen LogP contribution in [0.1, 0.15) is 61.8 Å². The smallest absolute Gasteiger partial charge is 0.136 e. The van der Waals surface area contributed by atoms with E-state index >= 15 is 0 Å². The Morgan fingerprint density at radius 1 is 0.386 bits per heavy atom. The molecule has 0 amide bonds. The summed E-state index contributed by atoms with van der Waals surface area (Å²) in [6.45, 7) is 8.82. The number of nitriles is 2. The van der Waals surface area contributed by atoms with Crippen molar-refractivity contribution >= 4 is 77.6 Å². The number of rotatable bonds is 8. The average molecular weight is 737 g/mol. The first kappa shape index (κ1) is 35.4. The molecule has 0 spiro atoms. The molecule has 0 saturated heterocycles. The van der Waals surface area contributed by atoms with Crippen LogP contribution < -0.4 is 9.80 Å². The van der Waals surface area contributed by atoms with Crippen LogP contribution in [-0.2, 0) is 0 Å². The monoisotopic (exact) mass is 736 g/mol. The number of hydrogen-bond donors (Lipinski definition) is 0. The Kier molecular flexibility index (Phi) is 8.92. The molecule has 9 rings (SSSR count). The van der Waals surface area contributed by atoms with Crippen molar-refractivity contribution in [2.24, 2.45) is 0 Å². The summed E-state index contributed by atoms with van der Waals surface area (Å²) in [5, 5.41) is 25.5. The van der Waals surface area contributed by atoms with Gasteiger partial charge < -0.3 is 14.2 Å². The largest absolute Gasteiger partial charge is 0.456 e. The number of benzene rings is 8. The van der Waals surface area contributed by atoms with Crippen molar-refractivity contribution in [2.75, 3.05) is 9.80 Å². The predicted molar refractivity (Wildman–Crippen MR) is 236 cm³/mol. The van der Waals surface area contributed by atoms with Gasteiger partial charge in [0.05, 0.1) is 23.3 Å². The van der Waals surface area contributed by atoms with Gasteiger partial charge in [-0.25, -0.2) is 0 Å². The molecule has 5 nitrogen and oxygen atoms in total. The Bertz CT molecular complexity index is 2810. The third kappa shape index (κ3) is 6.60. The lowest BCUT2D eigenvalue weighted by Gasteiger charge is -2.26. The molecule has 1 aromatic heterocycles. The van der Waals surface area contributed by atoms with Crippen LogP contribution in [0.15, 0.2) is 162 Å². The molecule has 0 N–H and O–H groups in total. The van der Waals surface area contributed by atoms with E-state index in [4.69, 9.17) is 4.42 Å². The van der Waals surface area contributed by atoms with E-state index in [1.807, 2.05) is 48.5 Å². The Labute approximate surface area is 332 Å². The zero-order valence-electron chi connectivity index (χ0n) is 32.4. The van der Waals surface area contributed by atoms with E-state index < -0.39 is 0 Å². The number of hydrogen-bond acceptors (Lipinski definition) is 5. The predicted octanol–water partition coefficient (Wildman–Crippen LogP) is 14.8. The van der Waals surface area contributed by atoms with Gasteiger partial charge in [0, 0.05) is 44.9 Å². The molecule has 0 aliphatic carbocycles. The lowest BCUT2D eigenvalue weighted by atomic mass is 10.0. The van der Waals surface area contributed by atoms with Crippen LogP contribution >= 0.6 is 0 Å². The number of nitrogens with zero attached hydrogens (tertiary/aromatic N) is 4. The number of anilines is 6. The third-order valence-corrected chi connectivity index (χ3v) is 11.0. The molecule has 0 atom stereocenters. The van der Waals surface area contributed by atoms with E-state index in [1.54, 1.807) is 0 Å². The van der Waals surface area contributed by atoms with Gasteiger partial charge in [-0.2, -0.15) is 10.5 Å². The Hall–Kier alpha value is -7.34. The normalized spacial score (nSPS) is 11.4. The van der Waals surface area contributed by atoms with Crippen LogP contribution in [0.2, 0.25) is 0 Å². The first-order valence-corrected chi connectivity index (χ1v) is 19.4. The highest BCUT2D eigenvalue weighted by Gasteiger charge is 2.18. The molecular formula is C52H40N4O. The summed E-state index contributed by atoms with van der Waals surface area (Å²) >= 11 is 0. The van der Waals surface area contributed by atoms with Gasteiger partial charge in [0.2, 0.25) is 0 Å². The molecule has 0 fully saturated rings. The zero-order chi connectivity index (χ0) is 39.2. The number of fused-ring (bicyclic) bond motifs is 5. The Morgan fingerprint density at radius 3 is 1.05 bits per heavy atom. The van der Waals surface area contributed by atoms with Crippen LogP contribution in [0.25, 0.3) is 43.5 Å². The van der Waals surface area contributed by atoms with Gasteiger partial charge in [-0.05, 0) is 166 Å². The molecule has 0 aliphatic heterocycles. The van der Waals surface area contributed by atoms with Gasteiger partial charge in [-0.15, -0.1) is 0 Å². The molecule has 1 heterocycles. The van der Waals surface area contributed by atoms with E-state index in [2.05, 4.69) is 159 Å². The van der Waals surface area contributed by atoms with Crippen LogP contribution in [0.5, 0.6) is 0 Å². The van der Waals surface area contributed by atoms with Crippen molar-refractivity contribution in [1.29, 1.82) is 10.5 Å². The highest BCUT2D eigenvalue weighted by atomic mass is 16.3. The SMILES string of the molecule is CC(C)c1ccc(N(c2ccc(C#N)cc2)c2ccc3cc4c(cc3c2)oc2cc3cc(N(c5ccc(C#N)cc5)c5ccc(C(C)C)cc5)ccc3cc24)cc1. The lowest BCUT2D eigenvalue weighted by Crippen LogP contribution is -2.10. The summed E-state index contributed by atoms with van der Waals surface area (Å²) in [5.41, 5.74) is 11.6. The molecule has 0 aliphatic rings. The molecule has 0 bridgehead atoms. The fourth-order valence-electron chi connectivity index (χ4n) is 7.80. The first-order valence-electron chi connectivity index (χ1n) is 19.4. The Balaban J connectivity index is 1.13. The maximum Gasteiger partial charge on any atom is 0.136 e. The van der Waals surface area contributed by atoms with Crippen molar-refractivity contribution in [1.82, 2.24) is 0 Å². The van der Waals surface area contributed by atoms with Gasteiger partial charge in [0.15, 0.2) is 0 Å². The van der Waals surface area contributed by atoms with Crippen LogP contribution in [0, 0.1) is 22.7 Å². The van der Waals surface area contributed by atoms with Gasteiger partial charge in [-0.3, -0.25) is 0 Å². The molecule has 274 valence electrons. The molecule has 9 aromatic rings. The second-order valence-corrected chi connectivity index (χ2v) is 15.3. The first-order chi connectivity index (χ1) is 27.8. The number of furan rings is 1. The minimum atomic E-state index is 0.435. The second-order valence-electron chi connectivity index (χ2n) is 15.3. The van der Waals surface area contributed by atoms with Crippen molar-refractivity contribution in [3.05, 3.63) is 180 Å². The summed E-state index contributed by atoms with van der Waals surface area (Å²) in [5.74, 6) is 0.871. The topological polar surface area (TPSA) is 67.2 Å². The van der Waals surface area contributed by atoms with Crippen LogP contribution in [0.4, 0.5) is 34.1 Å². The summed E-state index contributed by atoms with van der Waals surface area (Å²) in [7, 11) is 0. The fourth-order valence-corrected chi connectivity index (χ4v) is 7.80. The molecule has 0 radical (unpaired) electrons. The molecule has 8 aromatic carbocycles. The lowest BCUT2D eigenvalue weighted by molar-refractivity contribution is 0.670. The third-order valence-electron chi connectivity index (χ3n) is 11.0. The summed E-state index contributed by atoms with van der Waals surface area (Å²) in [6, 6.07) is 59.3. The highest BCUT2D eigenvalue weighted by Crippen LogP contribution is 2.41. The van der Waals surface area contributed by atoms with Crippen molar-refractivity contribution in [3.8, 4) is 12.1 Å². The van der Waals surface area contributed by atoms with Crippen molar-refractivity contribution in [2.45, 2.75) is 39.5 Å². The molecule has 5 heteroatoms. The summed E-state index contributed by atoms with van der Waals surface area (Å²) < 4.78 is 6.64. The summed E-state index contributed by atoms with van der Waals surface area (Å²) in [4.78, 5) is 4.47. The molecule has 57 heavy (non-hydrogen) atoms. The van der Waals surface area contributed by atoms with Gasteiger partial charge >= 0.3 is 0 Å². The quantitative estimate of drug-likeness (QED) is 0.155. The minimum Gasteiger partial charge on any atom is -0.456 e. The standard InChI is InChI=1S/C52H40N4O/c1-33(2)37-9-19-45(20-10-37)55(43-15-5-35(31-53)6-16-43)47-23-13-39-27-49-50-28-40-14-24-48(26-42(40)30-52(50)57-51(49)29-41(39)25-47)56(44-17-7-36(32-54)8-18-44)46-21-11-38(12-22-46)34(3)4/h5-30,33-34H,1-4H3. The van der Waals surface area contributed by atoms with E-state index in [9.17, 15) is 10.5 Å². The van der Waals surface area contributed by atoms with Crippen LogP contribution in [-0.4, -0.2) is 0 Å². The van der Waals surface area contributed by atoms with Crippen molar-refractivity contribution < 1.29 is 4.42 Å².